The van der Waals surface area contributed by atoms with E-state index >= 15 is 0 Å². The number of carbonyl (C=O) groups is 1. The van der Waals surface area contributed by atoms with Gasteiger partial charge in [0.2, 0.25) is 5.91 Å². The Morgan fingerprint density at radius 1 is 1.44 bits per heavy atom. The van der Waals surface area contributed by atoms with Gasteiger partial charge >= 0.3 is 0 Å². The second kappa shape index (κ2) is 7.28. The second-order valence-corrected chi connectivity index (χ2v) is 5.11. The molecular weight excluding hydrogens is 252 g/mol. The van der Waals surface area contributed by atoms with Crippen molar-refractivity contribution >= 4 is 23.3 Å². The second-order valence-electron chi connectivity index (χ2n) is 4.72. The summed E-state index contributed by atoms with van der Waals surface area (Å²) in [4.78, 5) is 11.8. The molecule has 0 saturated heterocycles. The van der Waals surface area contributed by atoms with E-state index in [2.05, 4.69) is 29.4 Å². The summed E-state index contributed by atoms with van der Waals surface area (Å²) < 4.78 is 0. The van der Waals surface area contributed by atoms with E-state index < -0.39 is 0 Å². The molecule has 1 aromatic heterocycles. The van der Waals surface area contributed by atoms with E-state index in [4.69, 9.17) is 17.3 Å². The highest BCUT2D eigenvalue weighted by Crippen LogP contribution is 2.15. The predicted molar refractivity (Wildman–Crippen MR) is 72.3 cm³/mol. The number of nitrogens with zero attached hydrogens (tertiary/aromatic N) is 2. The van der Waals surface area contributed by atoms with Crippen molar-refractivity contribution in [1.29, 1.82) is 0 Å². The summed E-state index contributed by atoms with van der Waals surface area (Å²) in [5, 5.41) is 10.4. The average molecular weight is 271 g/mol. The molecule has 0 aliphatic rings. The van der Waals surface area contributed by atoms with Crippen LogP contribution in [0.15, 0.2) is 12.1 Å². The van der Waals surface area contributed by atoms with Crippen LogP contribution < -0.4 is 11.1 Å². The maximum Gasteiger partial charge on any atom is 0.225 e. The van der Waals surface area contributed by atoms with E-state index in [1.807, 2.05) is 0 Å². The number of hydrogen-bond acceptors (Lipinski definition) is 4. The van der Waals surface area contributed by atoms with E-state index in [1.54, 1.807) is 12.1 Å². The number of rotatable bonds is 6. The van der Waals surface area contributed by atoms with E-state index in [9.17, 15) is 4.79 Å². The van der Waals surface area contributed by atoms with Crippen molar-refractivity contribution in [1.82, 2.24) is 10.2 Å². The topological polar surface area (TPSA) is 80.9 Å². The van der Waals surface area contributed by atoms with E-state index in [1.165, 1.54) is 0 Å². The Bertz CT molecular complexity index is 380. The molecule has 5 nitrogen and oxygen atoms in total. The molecule has 0 saturated carbocycles. The van der Waals surface area contributed by atoms with Crippen LogP contribution in [0.25, 0.3) is 0 Å². The molecule has 1 rings (SSSR count). The van der Waals surface area contributed by atoms with E-state index in [0.717, 1.165) is 6.42 Å². The number of carbonyl (C=O) groups excluding carboxylic acids is 1. The molecule has 0 radical (unpaired) electrons. The molecule has 1 atom stereocenters. The third-order valence-electron chi connectivity index (χ3n) is 2.51. The summed E-state index contributed by atoms with van der Waals surface area (Å²) in [6.45, 7) is 4.74. The molecule has 18 heavy (non-hydrogen) atoms. The van der Waals surface area contributed by atoms with Crippen LogP contribution >= 0.6 is 11.6 Å². The highest BCUT2D eigenvalue weighted by atomic mass is 35.5. The lowest BCUT2D eigenvalue weighted by Crippen LogP contribution is -2.23. The van der Waals surface area contributed by atoms with Gasteiger partial charge in [-0.05, 0) is 36.9 Å². The largest absolute Gasteiger partial charge is 0.330 e. The van der Waals surface area contributed by atoms with Gasteiger partial charge in [-0.15, -0.1) is 10.2 Å². The molecule has 0 aliphatic heterocycles. The van der Waals surface area contributed by atoms with Gasteiger partial charge in [-0.3, -0.25) is 4.79 Å². The monoisotopic (exact) mass is 270 g/mol. The van der Waals surface area contributed by atoms with Gasteiger partial charge in [0.05, 0.1) is 0 Å². The molecule has 6 heteroatoms. The third kappa shape index (κ3) is 5.42. The fraction of sp³-hybridized carbons (Fsp3) is 0.583. The van der Waals surface area contributed by atoms with Gasteiger partial charge in [0.25, 0.3) is 0 Å². The number of hydrogen-bond donors (Lipinski definition) is 2. The first-order chi connectivity index (χ1) is 8.51. The molecule has 100 valence electrons. The molecule has 1 amide bonds. The number of aromatic nitrogens is 2. The van der Waals surface area contributed by atoms with Gasteiger partial charge in [0, 0.05) is 6.42 Å². The number of anilines is 1. The van der Waals surface area contributed by atoms with Gasteiger partial charge in [-0.25, -0.2) is 0 Å². The van der Waals surface area contributed by atoms with Crippen molar-refractivity contribution < 1.29 is 4.79 Å². The van der Waals surface area contributed by atoms with Crippen LogP contribution in [0.1, 0.15) is 26.7 Å². The van der Waals surface area contributed by atoms with Crippen molar-refractivity contribution in [2.75, 3.05) is 11.9 Å². The zero-order chi connectivity index (χ0) is 13.5. The van der Waals surface area contributed by atoms with Gasteiger partial charge in [-0.2, -0.15) is 0 Å². The lowest BCUT2D eigenvalue weighted by atomic mass is 9.94. The van der Waals surface area contributed by atoms with Crippen LogP contribution in [0, 0.1) is 11.8 Å². The van der Waals surface area contributed by atoms with Crippen LogP contribution in [0.5, 0.6) is 0 Å². The maximum absolute atomic E-state index is 11.8. The molecule has 0 aromatic carbocycles. The van der Waals surface area contributed by atoms with Gasteiger partial charge in [0.1, 0.15) is 0 Å². The molecular formula is C12H19ClN4O. The molecule has 1 unspecified atom stereocenters. The zero-order valence-corrected chi connectivity index (χ0v) is 11.4. The third-order valence-corrected chi connectivity index (χ3v) is 2.71. The molecule has 1 heterocycles. The lowest BCUT2D eigenvalue weighted by molar-refractivity contribution is -0.117. The maximum atomic E-state index is 11.8. The Kier molecular flexibility index (Phi) is 6.01. The van der Waals surface area contributed by atoms with Crippen LogP contribution in [0.4, 0.5) is 5.82 Å². The zero-order valence-electron chi connectivity index (χ0n) is 10.7. The standard InChI is InChI=1S/C12H19ClN4O/c1-8(2)5-9(7-14)6-12(18)15-11-4-3-10(13)16-17-11/h3-4,8-9H,5-7,14H2,1-2H3,(H,15,17,18). The normalized spacial score (nSPS) is 12.5. The predicted octanol–water partition coefficient (Wildman–Crippen LogP) is 2.08. The summed E-state index contributed by atoms with van der Waals surface area (Å²) in [6, 6.07) is 3.20. The molecule has 0 aliphatic carbocycles. The van der Waals surface area contributed by atoms with E-state index in [0.29, 0.717) is 29.9 Å². The molecule has 0 fully saturated rings. The fourth-order valence-electron chi connectivity index (χ4n) is 1.77. The minimum absolute atomic E-state index is 0.0947. The quantitative estimate of drug-likeness (QED) is 0.829. The summed E-state index contributed by atoms with van der Waals surface area (Å²) in [7, 11) is 0. The number of nitrogens with two attached hydrogens (primary N) is 1. The van der Waals surface area contributed by atoms with Crippen molar-refractivity contribution in [3.05, 3.63) is 17.3 Å². The van der Waals surface area contributed by atoms with Crippen molar-refractivity contribution in [2.45, 2.75) is 26.7 Å². The summed E-state index contributed by atoms with van der Waals surface area (Å²) >= 11 is 5.61. The van der Waals surface area contributed by atoms with Crippen LogP contribution in [-0.4, -0.2) is 22.6 Å². The summed E-state index contributed by atoms with van der Waals surface area (Å²) in [5.41, 5.74) is 5.66. The van der Waals surface area contributed by atoms with E-state index in [-0.39, 0.29) is 11.8 Å². The molecule has 3 N–H and O–H groups in total. The minimum Gasteiger partial charge on any atom is -0.330 e. The van der Waals surface area contributed by atoms with Crippen molar-refractivity contribution in [3.8, 4) is 0 Å². The fourth-order valence-corrected chi connectivity index (χ4v) is 1.87. The highest BCUT2D eigenvalue weighted by Gasteiger charge is 2.14. The van der Waals surface area contributed by atoms with Crippen LogP contribution in [-0.2, 0) is 4.79 Å². The molecule has 0 bridgehead atoms. The first kappa shape index (κ1) is 14.9. The SMILES string of the molecule is CC(C)CC(CN)CC(=O)Nc1ccc(Cl)nn1. The average Bonchev–Trinajstić information content (AvgIpc) is 2.30. The highest BCUT2D eigenvalue weighted by molar-refractivity contribution is 6.29. The smallest absolute Gasteiger partial charge is 0.225 e. The van der Waals surface area contributed by atoms with Crippen molar-refractivity contribution in [3.63, 3.8) is 0 Å². The Balaban J connectivity index is 2.47. The number of nitrogens with one attached hydrogen (secondary N) is 1. The summed E-state index contributed by atoms with van der Waals surface area (Å²) in [6.07, 6.45) is 1.34. The number of amides is 1. The Hall–Kier alpha value is -1.20. The Labute approximate surface area is 112 Å². The molecule has 0 spiro atoms. The van der Waals surface area contributed by atoms with Crippen LogP contribution in [0.2, 0.25) is 5.15 Å². The first-order valence-corrected chi connectivity index (χ1v) is 6.38. The first-order valence-electron chi connectivity index (χ1n) is 6.00. The lowest BCUT2D eigenvalue weighted by Gasteiger charge is -2.16. The summed E-state index contributed by atoms with van der Waals surface area (Å²) in [5.74, 6) is 1.04. The number of halogens is 1. The minimum atomic E-state index is -0.0947. The van der Waals surface area contributed by atoms with Gasteiger partial charge < -0.3 is 11.1 Å². The van der Waals surface area contributed by atoms with Gasteiger partial charge in [0.15, 0.2) is 11.0 Å². The molecule has 1 aromatic rings. The Morgan fingerprint density at radius 3 is 2.67 bits per heavy atom. The van der Waals surface area contributed by atoms with Gasteiger partial charge in [-0.1, -0.05) is 25.4 Å². The van der Waals surface area contributed by atoms with Crippen molar-refractivity contribution in [2.24, 2.45) is 17.6 Å². The van der Waals surface area contributed by atoms with Crippen LogP contribution in [0.3, 0.4) is 0 Å². The Morgan fingerprint density at radius 2 is 2.17 bits per heavy atom.